The SMILES string of the molecule is COCCNCc1cn(-c2cc(F)c(F)c(F)c2)nn1. The maximum atomic E-state index is 13.1. The Labute approximate surface area is 113 Å². The quantitative estimate of drug-likeness (QED) is 0.644. The third kappa shape index (κ3) is 3.34. The molecule has 0 aliphatic carbocycles. The lowest BCUT2D eigenvalue weighted by atomic mass is 10.3. The lowest BCUT2D eigenvalue weighted by molar-refractivity contribution is 0.199. The van der Waals surface area contributed by atoms with Gasteiger partial charge in [-0.2, -0.15) is 0 Å². The number of aromatic nitrogens is 3. The summed E-state index contributed by atoms with van der Waals surface area (Å²) in [5.41, 5.74) is 0.656. The lowest BCUT2D eigenvalue weighted by Gasteiger charge is -2.02. The molecule has 0 saturated carbocycles. The summed E-state index contributed by atoms with van der Waals surface area (Å²) in [6, 6.07) is 1.71. The number of rotatable bonds is 6. The van der Waals surface area contributed by atoms with E-state index in [1.807, 2.05) is 0 Å². The minimum atomic E-state index is -1.50. The zero-order valence-corrected chi connectivity index (χ0v) is 10.7. The van der Waals surface area contributed by atoms with Gasteiger partial charge in [-0.25, -0.2) is 17.9 Å². The first-order valence-corrected chi connectivity index (χ1v) is 5.87. The summed E-state index contributed by atoms with van der Waals surface area (Å²) in [7, 11) is 1.59. The van der Waals surface area contributed by atoms with Gasteiger partial charge in [0.25, 0.3) is 0 Å². The molecule has 2 rings (SSSR count). The molecule has 1 aromatic heterocycles. The number of nitrogens with zero attached hydrogens (tertiary/aromatic N) is 3. The zero-order valence-electron chi connectivity index (χ0n) is 10.7. The molecule has 20 heavy (non-hydrogen) atoms. The monoisotopic (exact) mass is 286 g/mol. The molecule has 0 bridgehead atoms. The van der Waals surface area contributed by atoms with Crippen LogP contribution in [0.5, 0.6) is 0 Å². The average molecular weight is 286 g/mol. The topological polar surface area (TPSA) is 52.0 Å². The van der Waals surface area contributed by atoms with Gasteiger partial charge in [-0.3, -0.25) is 0 Å². The molecule has 0 spiro atoms. The van der Waals surface area contributed by atoms with Gasteiger partial charge in [0, 0.05) is 32.3 Å². The number of hydrogen-bond acceptors (Lipinski definition) is 4. The molecule has 0 unspecified atom stereocenters. The van der Waals surface area contributed by atoms with Crippen molar-refractivity contribution in [1.82, 2.24) is 20.3 Å². The fraction of sp³-hybridized carbons (Fsp3) is 0.333. The van der Waals surface area contributed by atoms with Crippen LogP contribution in [-0.4, -0.2) is 35.3 Å². The molecule has 5 nitrogen and oxygen atoms in total. The minimum Gasteiger partial charge on any atom is -0.383 e. The predicted octanol–water partition coefficient (Wildman–Crippen LogP) is 1.42. The number of halogens is 3. The van der Waals surface area contributed by atoms with Crippen molar-refractivity contribution in [2.24, 2.45) is 0 Å². The van der Waals surface area contributed by atoms with Crippen LogP contribution < -0.4 is 5.32 Å². The third-order valence-electron chi connectivity index (χ3n) is 2.56. The highest BCUT2D eigenvalue weighted by atomic mass is 19.2. The maximum absolute atomic E-state index is 13.1. The molecule has 0 atom stereocenters. The third-order valence-corrected chi connectivity index (χ3v) is 2.56. The van der Waals surface area contributed by atoms with E-state index >= 15 is 0 Å². The largest absolute Gasteiger partial charge is 0.383 e. The van der Waals surface area contributed by atoms with E-state index in [4.69, 9.17) is 4.74 Å². The van der Waals surface area contributed by atoms with E-state index in [0.717, 1.165) is 12.1 Å². The summed E-state index contributed by atoms with van der Waals surface area (Å²) in [6.07, 6.45) is 1.51. The van der Waals surface area contributed by atoms with Crippen molar-refractivity contribution in [3.63, 3.8) is 0 Å². The molecule has 1 N–H and O–H groups in total. The molecular weight excluding hydrogens is 273 g/mol. The molecule has 8 heteroatoms. The second-order valence-corrected chi connectivity index (χ2v) is 4.05. The van der Waals surface area contributed by atoms with Crippen molar-refractivity contribution in [2.75, 3.05) is 20.3 Å². The fourth-order valence-electron chi connectivity index (χ4n) is 1.57. The summed E-state index contributed by atoms with van der Waals surface area (Å²) >= 11 is 0. The van der Waals surface area contributed by atoms with Crippen LogP contribution in [0.2, 0.25) is 0 Å². The molecule has 1 heterocycles. The van der Waals surface area contributed by atoms with E-state index < -0.39 is 17.5 Å². The van der Waals surface area contributed by atoms with Crippen LogP contribution in [-0.2, 0) is 11.3 Å². The highest BCUT2D eigenvalue weighted by molar-refractivity contribution is 5.32. The van der Waals surface area contributed by atoms with Gasteiger partial charge in [0.15, 0.2) is 17.5 Å². The van der Waals surface area contributed by atoms with Crippen molar-refractivity contribution in [3.8, 4) is 5.69 Å². The lowest BCUT2D eigenvalue weighted by Crippen LogP contribution is -2.18. The fourth-order valence-corrected chi connectivity index (χ4v) is 1.57. The predicted molar refractivity (Wildman–Crippen MR) is 64.8 cm³/mol. The van der Waals surface area contributed by atoms with E-state index in [2.05, 4.69) is 15.6 Å². The van der Waals surface area contributed by atoms with Gasteiger partial charge in [-0.1, -0.05) is 5.21 Å². The average Bonchev–Trinajstić information content (AvgIpc) is 2.89. The second-order valence-electron chi connectivity index (χ2n) is 4.05. The van der Waals surface area contributed by atoms with Crippen LogP contribution in [0.4, 0.5) is 13.2 Å². The summed E-state index contributed by atoms with van der Waals surface area (Å²) in [5.74, 6) is -4.04. The van der Waals surface area contributed by atoms with Crippen molar-refractivity contribution < 1.29 is 17.9 Å². The Bertz CT molecular complexity index is 565. The van der Waals surface area contributed by atoms with Crippen LogP contribution in [0.15, 0.2) is 18.3 Å². The van der Waals surface area contributed by atoms with Crippen LogP contribution in [0.1, 0.15) is 5.69 Å². The van der Waals surface area contributed by atoms with Crippen molar-refractivity contribution in [2.45, 2.75) is 6.54 Å². The highest BCUT2D eigenvalue weighted by Crippen LogP contribution is 2.16. The Morgan fingerprint density at radius 2 is 1.95 bits per heavy atom. The van der Waals surface area contributed by atoms with E-state index in [1.54, 1.807) is 7.11 Å². The molecule has 0 saturated heterocycles. The maximum Gasteiger partial charge on any atom is 0.194 e. The van der Waals surface area contributed by atoms with Gasteiger partial charge in [-0.15, -0.1) is 5.10 Å². The molecule has 0 aliphatic heterocycles. The number of ether oxygens (including phenoxy) is 1. The Kier molecular flexibility index (Phi) is 4.70. The van der Waals surface area contributed by atoms with Gasteiger partial charge in [0.2, 0.25) is 0 Å². The summed E-state index contributed by atoms with van der Waals surface area (Å²) in [4.78, 5) is 0. The number of hydrogen-bond donors (Lipinski definition) is 1. The van der Waals surface area contributed by atoms with Gasteiger partial charge >= 0.3 is 0 Å². The van der Waals surface area contributed by atoms with Gasteiger partial charge in [-0.05, 0) is 0 Å². The number of benzene rings is 1. The highest BCUT2D eigenvalue weighted by Gasteiger charge is 2.12. The molecule has 108 valence electrons. The second kappa shape index (κ2) is 6.49. The Morgan fingerprint density at radius 3 is 2.60 bits per heavy atom. The Balaban J connectivity index is 2.08. The van der Waals surface area contributed by atoms with E-state index in [9.17, 15) is 13.2 Å². The van der Waals surface area contributed by atoms with E-state index in [-0.39, 0.29) is 5.69 Å². The normalized spacial score (nSPS) is 11.0. The van der Waals surface area contributed by atoms with Crippen molar-refractivity contribution in [1.29, 1.82) is 0 Å². The van der Waals surface area contributed by atoms with Crippen LogP contribution in [0, 0.1) is 17.5 Å². The molecule has 0 fully saturated rings. The van der Waals surface area contributed by atoms with Crippen molar-refractivity contribution >= 4 is 0 Å². The number of nitrogens with one attached hydrogen (secondary N) is 1. The first-order valence-electron chi connectivity index (χ1n) is 5.87. The van der Waals surface area contributed by atoms with Gasteiger partial charge < -0.3 is 10.1 Å². The smallest absolute Gasteiger partial charge is 0.194 e. The van der Waals surface area contributed by atoms with Gasteiger partial charge in [0.1, 0.15) is 0 Å². The van der Waals surface area contributed by atoms with Crippen molar-refractivity contribution in [3.05, 3.63) is 41.5 Å². The van der Waals surface area contributed by atoms with E-state index in [0.29, 0.717) is 25.4 Å². The first-order chi connectivity index (χ1) is 9.61. The van der Waals surface area contributed by atoms with Crippen LogP contribution in [0.25, 0.3) is 5.69 Å². The molecule has 2 aromatic rings. The van der Waals surface area contributed by atoms with Gasteiger partial charge in [0.05, 0.1) is 24.2 Å². The molecule has 0 aliphatic rings. The summed E-state index contributed by atoms with van der Waals surface area (Å²) < 4.78 is 45.1. The van der Waals surface area contributed by atoms with E-state index in [1.165, 1.54) is 10.9 Å². The molecule has 1 aromatic carbocycles. The Hall–Kier alpha value is -1.93. The van der Waals surface area contributed by atoms with Crippen LogP contribution >= 0.6 is 0 Å². The minimum absolute atomic E-state index is 0.0667. The molecular formula is C12H13F3N4O. The molecule has 0 radical (unpaired) electrons. The zero-order chi connectivity index (χ0) is 14.5. The Morgan fingerprint density at radius 1 is 1.25 bits per heavy atom. The first kappa shape index (κ1) is 14.5. The molecule has 0 amide bonds. The summed E-state index contributed by atoms with van der Waals surface area (Å²) in [6.45, 7) is 1.64. The number of methoxy groups -OCH3 is 1. The van der Waals surface area contributed by atoms with Crippen LogP contribution in [0.3, 0.4) is 0 Å². The summed E-state index contributed by atoms with van der Waals surface area (Å²) in [5, 5.41) is 10.6. The standard InChI is InChI=1S/C12H13F3N4O/c1-20-3-2-16-6-8-7-19(18-17-8)9-4-10(13)12(15)11(14)5-9/h4-5,7,16H,2-3,6H2,1H3.